The predicted octanol–water partition coefficient (Wildman–Crippen LogP) is 3.59. The van der Waals surface area contributed by atoms with Crippen molar-refractivity contribution < 1.29 is 19.5 Å². The molecule has 0 bridgehead atoms. The lowest BCUT2D eigenvalue weighted by atomic mass is 9.81. The van der Waals surface area contributed by atoms with Crippen LogP contribution in [-0.4, -0.2) is 28.1 Å². The maximum Gasteiger partial charge on any atom is 0.203 e. The van der Waals surface area contributed by atoms with E-state index in [1.54, 1.807) is 12.1 Å². The molecule has 3 aromatic carbocycles. The molecule has 0 amide bonds. The lowest BCUT2D eigenvalue weighted by Gasteiger charge is -2.23. The van der Waals surface area contributed by atoms with E-state index in [-0.39, 0.29) is 16.9 Å². The van der Waals surface area contributed by atoms with Gasteiger partial charge in [-0.2, -0.15) is 0 Å². The summed E-state index contributed by atoms with van der Waals surface area (Å²) < 4.78 is 0. The van der Waals surface area contributed by atoms with Gasteiger partial charge in [0.15, 0.2) is 5.60 Å². The Bertz CT molecular complexity index is 980. The molecule has 0 unspecified atom stereocenters. The number of ketones is 3. The Hall–Kier alpha value is -3.37. The predicted molar refractivity (Wildman–Crippen MR) is 104 cm³/mol. The van der Waals surface area contributed by atoms with Crippen LogP contribution < -0.4 is 0 Å². The van der Waals surface area contributed by atoms with Gasteiger partial charge in [-0.05, 0) is 11.1 Å². The third-order valence-corrected chi connectivity index (χ3v) is 5.19. The molecule has 0 atom stereocenters. The van der Waals surface area contributed by atoms with E-state index in [0.29, 0.717) is 0 Å². The monoisotopic (exact) mass is 370 g/mol. The zero-order valence-corrected chi connectivity index (χ0v) is 15.0. The Morgan fingerprint density at radius 1 is 0.714 bits per heavy atom. The molecule has 138 valence electrons. The quantitative estimate of drug-likeness (QED) is 0.697. The minimum Gasteiger partial charge on any atom is -0.374 e. The highest BCUT2D eigenvalue weighted by Crippen LogP contribution is 2.36. The number of hydrogen-bond acceptors (Lipinski definition) is 4. The second kappa shape index (κ2) is 6.98. The lowest BCUT2D eigenvalue weighted by Crippen LogP contribution is -2.44. The van der Waals surface area contributed by atoms with E-state index in [9.17, 15) is 19.5 Å². The van der Waals surface area contributed by atoms with Crippen molar-refractivity contribution in [2.75, 3.05) is 0 Å². The fourth-order valence-electron chi connectivity index (χ4n) is 3.80. The summed E-state index contributed by atoms with van der Waals surface area (Å²) in [5, 5.41) is 10.9. The molecule has 0 aliphatic heterocycles. The first-order valence-electron chi connectivity index (χ1n) is 9.06. The van der Waals surface area contributed by atoms with E-state index in [1.165, 1.54) is 12.1 Å². The van der Waals surface area contributed by atoms with Crippen LogP contribution in [0, 0.1) is 0 Å². The van der Waals surface area contributed by atoms with E-state index >= 15 is 0 Å². The average molecular weight is 370 g/mol. The normalized spacial score (nSPS) is 14.9. The zero-order valence-electron chi connectivity index (χ0n) is 15.0. The number of fused-ring (bicyclic) bond motifs is 1. The van der Waals surface area contributed by atoms with E-state index in [1.807, 2.05) is 60.7 Å². The van der Waals surface area contributed by atoms with Gasteiger partial charge in [-0.3, -0.25) is 14.4 Å². The van der Waals surface area contributed by atoms with Gasteiger partial charge in [-0.25, -0.2) is 0 Å². The molecule has 28 heavy (non-hydrogen) atoms. The van der Waals surface area contributed by atoms with E-state index < -0.39 is 29.5 Å². The number of carbonyl (C=O) groups excluding carboxylic acids is 3. The van der Waals surface area contributed by atoms with Crippen molar-refractivity contribution in [2.24, 2.45) is 0 Å². The largest absolute Gasteiger partial charge is 0.374 e. The topological polar surface area (TPSA) is 71.4 Å². The molecule has 0 radical (unpaired) electrons. The SMILES string of the molecule is O=C(CC1(O)C(=O)c2ccccc2C1=O)C(c1ccccc1)c1ccccc1. The molecule has 0 aromatic heterocycles. The lowest BCUT2D eigenvalue weighted by molar-refractivity contribution is -0.122. The maximum atomic E-state index is 13.3. The summed E-state index contributed by atoms with van der Waals surface area (Å²) in [6.07, 6.45) is -0.562. The molecule has 0 fully saturated rings. The first-order chi connectivity index (χ1) is 13.5. The average Bonchev–Trinajstić information content (AvgIpc) is 2.91. The van der Waals surface area contributed by atoms with Crippen molar-refractivity contribution in [3.63, 3.8) is 0 Å². The molecule has 1 aliphatic carbocycles. The summed E-state index contributed by atoms with van der Waals surface area (Å²) >= 11 is 0. The van der Waals surface area contributed by atoms with Gasteiger partial charge < -0.3 is 5.11 Å². The van der Waals surface area contributed by atoms with Crippen molar-refractivity contribution in [1.82, 2.24) is 0 Å². The van der Waals surface area contributed by atoms with Gasteiger partial charge in [0.05, 0.1) is 12.3 Å². The van der Waals surface area contributed by atoms with Crippen LogP contribution in [0.3, 0.4) is 0 Å². The van der Waals surface area contributed by atoms with Crippen LogP contribution in [0.25, 0.3) is 0 Å². The molecule has 4 heteroatoms. The van der Waals surface area contributed by atoms with Gasteiger partial charge in [-0.15, -0.1) is 0 Å². The number of carbonyl (C=O) groups is 3. The van der Waals surface area contributed by atoms with Crippen molar-refractivity contribution in [3.8, 4) is 0 Å². The number of aliphatic hydroxyl groups is 1. The molecule has 4 rings (SSSR count). The van der Waals surface area contributed by atoms with Gasteiger partial charge in [0.2, 0.25) is 11.6 Å². The maximum absolute atomic E-state index is 13.3. The molecule has 4 nitrogen and oxygen atoms in total. The van der Waals surface area contributed by atoms with E-state index in [0.717, 1.165) is 11.1 Å². The molecule has 1 N–H and O–H groups in total. The second-order valence-electron chi connectivity index (χ2n) is 6.96. The Labute approximate surface area is 162 Å². The van der Waals surface area contributed by atoms with Gasteiger partial charge in [-0.1, -0.05) is 84.9 Å². The van der Waals surface area contributed by atoms with E-state index in [4.69, 9.17) is 0 Å². The van der Waals surface area contributed by atoms with Crippen LogP contribution in [0.15, 0.2) is 84.9 Å². The van der Waals surface area contributed by atoms with E-state index in [2.05, 4.69) is 0 Å². The summed E-state index contributed by atoms with van der Waals surface area (Å²) in [7, 11) is 0. The number of rotatable bonds is 5. The number of Topliss-reactive ketones (excluding diaryl/α,β-unsaturated/α-hetero) is 3. The molecular formula is C24H18O4. The van der Waals surface area contributed by atoms with Crippen molar-refractivity contribution in [1.29, 1.82) is 0 Å². The number of benzene rings is 3. The zero-order chi connectivity index (χ0) is 19.7. The van der Waals surface area contributed by atoms with Crippen LogP contribution in [0.2, 0.25) is 0 Å². The molecule has 0 saturated heterocycles. The van der Waals surface area contributed by atoms with Crippen LogP contribution >= 0.6 is 0 Å². The summed E-state index contributed by atoms with van der Waals surface area (Å²) in [6, 6.07) is 24.6. The highest BCUT2D eigenvalue weighted by molar-refractivity contribution is 6.33. The molecule has 1 aliphatic rings. The van der Waals surface area contributed by atoms with Crippen LogP contribution in [0.5, 0.6) is 0 Å². The minimum absolute atomic E-state index is 0.166. The second-order valence-corrected chi connectivity index (χ2v) is 6.96. The van der Waals surface area contributed by atoms with Crippen LogP contribution in [0.4, 0.5) is 0 Å². The highest BCUT2D eigenvalue weighted by atomic mass is 16.3. The third-order valence-electron chi connectivity index (χ3n) is 5.19. The van der Waals surface area contributed by atoms with Gasteiger partial charge in [0.1, 0.15) is 5.78 Å². The molecule has 0 saturated carbocycles. The minimum atomic E-state index is -2.34. The van der Waals surface area contributed by atoms with Crippen LogP contribution in [0.1, 0.15) is 44.2 Å². The summed E-state index contributed by atoms with van der Waals surface area (Å²) in [5.41, 5.74) is -0.518. The summed E-state index contributed by atoms with van der Waals surface area (Å²) in [6.45, 7) is 0. The Morgan fingerprint density at radius 3 is 1.54 bits per heavy atom. The molecular weight excluding hydrogens is 352 g/mol. The highest BCUT2D eigenvalue weighted by Gasteiger charge is 2.53. The summed E-state index contributed by atoms with van der Waals surface area (Å²) in [4.78, 5) is 38.8. The Balaban J connectivity index is 1.71. The Kier molecular flexibility index (Phi) is 4.49. The molecule has 3 aromatic rings. The first-order valence-corrected chi connectivity index (χ1v) is 9.06. The number of hydrogen-bond donors (Lipinski definition) is 1. The van der Waals surface area contributed by atoms with Gasteiger partial charge >= 0.3 is 0 Å². The van der Waals surface area contributed by atoms with Gasteiger partial charge in [0.25, 0.3) is 0 Å². The molecule has 0 spiro atoms. The van der Waals surface area contributed by atoms with Crippen LogP contribution in [-0.2, 0) is 4.79 Å². The fraction of sp³-hybridized carbons (Fsp3) is 0.125. The van der Waals surface area contributed by atoms with Crippen molar-refractivity contribution in [2.45, 2.75) is 17.9 Å². The first kappa shape index (κ1) is 18.0. The summed E-state index contributed by atoms with van der Waals surface area (Å²) in [5.74, 6) is -2.47. The standard InChI is InChI=1S/C24H18O4/c25-20(15-24(28)22(26)18-13-7-8-14-19(18)23(24)27)21(16-9-3-1-4-10-16)17-11-5-2-6-12-17/h1-14,21,28H,15H2. The van der Waals surface area contributed by atoms with Gasteiger partial charge in [0, 0.05) is 11.1 Å². The fourth-order valence-corrected chi connectivity index (χ4v) is 3.80. The third kappa shape index (κ3) is 2.88. The molecule has 0 heterocycles. The Morgan fingerprint density at radius 2 is 1.11 bits per heavy atom. The van der Waals surface area contributed by atoms with Crippen molar-refractivity contribution in [3.05, 3.63) is 107 Å². The van der Waals surface area contributed by atoms with Crippen molar-refractivity contribution >= 4 is 17.3 Å². The smallest absolute Gasteiger partial charge is 0.203 e.